The van der Waals surface area contributed by atoms with Gasteiger partial charge in [0.05, 0.1) is 17.9 Å². The van der Waals surface area contributed by atoms with Gasteiger partial charge >= 0.3 is 5.97 Å². The van der Waals surface area contributed by atoms with Crippen LogP contribution in [0.15, 0.2) is 47.3 Å². The fourth-order valence-corrected chi connectivity index (χ4v) is 4.88. The SMILES string of the molecule is C=C1CC[C@@H]2C(=C)[C@H](OC(C)=O)[C@H](O)C[C@@]2(C)[C@@H]1CC(=O)c1ccoc1. The van der Waals surface area contributed by atoms with Crippen LogP contribution in [0.2, 0.25) is 0 Å². The third-order valence-electron chi connectivity index (χ3n) is 6.18. The summed E-state index contributed by atoms with van der Waals surface area (Å²) in [5, 5.41) is 10.6. The van der Waals surface area contributed by atoms with Crippen molar-refractivity contribution >= 4 is 11.8 Å². The summed E-state index contributed by atoms with van der Waals surface area (Å²) >= 11 is 0. The number of hydrogen-bond acceptors (Lipinski definition) is 5. The zero-order valence-corrected chi connectivity index (χ0v) is 15.4. The summed E-state index contributed by atoms with van der Waals surface area (Å²) in [6, 6.07) is 1.67. The molecule has 5 heteroatoms. The van der Waals surface area contributed by atoms with E-state index < -0.39 is 18.2 Å². The quantitative estimate of drug-likeness (QED) is 0.505. The zero-order valence-electron chi connectivity index (χ0n) is 15.4. The summed E-state index contributed by atoms with van der Waals surface area (Å²) in [6.07, 6.45) is 3.84. The third kappa shape index (κ3) is 3.16. The maximum atomic E-state index is 12.7. The first-order chi connectivity index (χ1) is 12.2. The van der Waals surface area contributed by atoms with Crippen molar-refractivity contribution in [2.45, 2.75) is 51.7 Å². The Bertz CT molecular complexity index is 732. The Morgan fingerprint density at radius 1 is 1.42 bits per heavy atom. The highest BCUT2D eigenvalue weighted by Gasteiger charge is 2.54. The van der Waals surface area contributed by atoms with Crippen molar-refractivity contribution in [1.82, 2.24) is 0 Å². The molecular formula is C21H26O5. The van der Waals surface area contributed by atoms with E-state index in [0.29, 0.717) is 18.4 Å². The topological polar surface area (TPSA) is 76.7 Å². The van der Waals surface area contributed by atoms with Crippen LogP contribution in [0.3, 0.4) is 0 Å². The number of allylic oxidation sites excluding steroid dienone is 1. The van der Waals surface area contributed by atoms with E-state index in [2.05, 4.69) is 20.1 Å². The molecule has 0 amide bonds. The third-order valence-corrected chi connectivity index (χ3v) is 6.18. The minimum absolute atomic E-state index is 0.00832. The number of ketones is 1. The molecule has 0 saturated heterocycles. The number of rotatable bonds is 4. The van der Waals surface area contributed by atoms with Gasteiger partial charge in [-0.3, -0.25) is 9.59 Å². The van der Waals surface area contributed by atoms with Gasteiger partial charge in [0.1, 0.15) is 12.4 Å². The second kappa shape index (κ2) is 6.88. The molecule has 2 fully saturated rings. The number of esters is 1. The fourth-order valence-electron chi connectivity index (χ4n) is 4.88. The van der Waals surface area contributed by atoms with E-state index in [1.54, 1.807) is 6.07 Å². The van der Waals surface area contributed by atoms with Gasteiger partial charge in [-0.15, -0.1) is 0 Å². The van der Waals surface area contributed by atoms with Crippen LogP contribution in [-0.2, 0) is 9.53 Å². The van der Waals surface area contributed by atoms with Crippen LogP contribution >= 0.6 is 0 Å². The Balaban J connectivity index is 1.87. The minimum Gasteiger partial charge on any atom is -0.472 e. The van der Waals surface area contributed by atoms with Crippen LogP contribution in [0.25, 0.3) is 0 Å². The standard InChI is InChI=1S/C21H26O5/c1-12-5-6-16-13(2)20(26-14(3)22)19(24)10-21(16,4)17(12)9-18(23)15-7-8-25-11-15/h7-8,11,16-17,19-20,24H,1-2,5-6,9-10H2,3-4H3/t16-,17-,19-,20+,21-/m1/s1. The molecule has 5 nitrogen and oxygen atoms in total. The molecule has 1 aromatic rings. The van der Waals surface area contributed by atoms with Crippen LogP contribution in [-0.4, -0.2) is 29.1 Å². The van der Waals surface area contributed by atoms with Gasteiger partial charge in [0.2, 0.25) is 0 Å². The van der Waals surface area contributed by atoms with Crippen LogP contribution in [0.5, 0.6) is 0 Å². The molecule has 0 aromatic carbocycles. The van der Waals surface area contributed by atoms with Crippen LogP contribution < -0.4 is 0 Å². The lowest BCUT2D eigenvalue weighted by Crippen LogP contribution is -2.53. The average molecular weight is 358 g/mol. The Morgan fingerprint density at radius 2 is 2.15 bits per heavy atom. The number of carbonyl (C=O) groups is 2. The number of hydrogen-bond donors (Lipinski definition) is 1. The molecule has 0 bridgehead atoms. The maximum Gasteiger partial charge on any atom is 0.303 e. The van der Waals surface area contributed by atoms with Crippen LogP contribution in [0, 0.1) is 17.3 Å². The molecule has 0 radical (unpaired) electrons. The predicted molar refractivity (Wildman–Crippen MR) is 96.4 cm³/mol. The highest BCUT2D eigenvalue weighted by Crippen LogP contribution is 2.57. The molecule has 2 saturated carbocycles. The molecule has 1 N–H and O–H groups in total. The van der Waals surface area contributed by atoms with Gasteiger partial charge in [0, 0.05) is 13.3 Å². The highest BCUT2D eigenvalue weighted by atomic mass is 16.6. The molecule has 1 heterocycles. The van der Waals surface area contributed by atoms with Crippen molar-refractivity contribution in [2.24, 2.45) is 17.3 Å². The first-order valence-corrected chi connectivity index (χ1v) is 9.01. The Hall–Kier alpha value is -2.14. The number of Topliss-reactive ketones (excluding diaryl/α,β-unsaturated/α-hetero) is 1. The van der Waals surface area contributed by atoms with E-state index >= 15 is 0 Å². The number of aliphatic hydroxyl groups is 1. The number of furan rings is 1. The summed E-state index contributed by atoms with van der Waals surface area (Å²) in [5.74, 6) is -0.407. The summed E-state index contributed by atoms with van der Waals surface area (Å²) in [4.78, 5) is 24.0. The summed E-state index contributed by atoms with van der Waals surface area (Å²) < 4.78 is 10.3. The largest absolute Gasteiger partial charge is 0.472 e. The van der Waals surface area contributed by atoms with Crippen molar-refractivity contribution in [3.63, 3.8) is 0 Å². The monoisotopic (exact) mass is 358 g/mol. The Kier molecular flexibility index (Phi) is 4.93. The molecule has 2 aliphatic carbocycles. The van der Waals surface area contributed by atoms with E-state index in [-0.39, 0.29) is 23.0 Å². The zero-order chi connectivity index (χ0) is 19.1. The van der Waals surface area contributed by atoms with E-state index in [9.17, 15) is 14.7 Å². The van der Waals surface area contributed by atoms with E-state index in [1.165, 1.54) is 19.5 Å². The number of fused-ring (bicyclic) bond motifs is 1. The molecule has 0 unspecified atom stereocenters. The lowest BCUT2D eigenvalue weighted by Gasteiger charge is -2.55. The van der Waals surface area contributed by atoms with Crippen molar-refractivity contribution < 1.29 is 23.8 Å². The van der Waals surface area contributed by atoms with Gasteiger partial charge < -0.3 is 14.3 Å². The maximum absolute atomic E-state index is 12.7. The van der Waals surface area contributed by atoms with Crippen LogP contribution in [0.4, 0.5) is 0 Å². The van der Waals surface area contributed by atoms with Gasteiger partial charge in [-0.25, -0.2) is 0 Å². The minimum atomic E-state index is -0.829. The van der Waals surface area contributed by atoms with Crippen molar-refractivity contribution in [3.05, 3.63) is 48.5 Å². The average Bonchev–Trinajstić information content (AvgIpc) is 3.09. The lowest BCUT2D eigenvalue weighted by molar-refractivity contribution is -0.156. The smallest absolute Gasteiger partial charge is 0.303 e. The van der Waals surface area contributed by atoms with Gasteiger partial charge in [-0.05, 0) is 48.2 Å². The van der Waals surface area contributed by atoms with Gasteiger partial charge in [-0.1, -0.05) is 25.7 Å². The van der Waals surface area contributed by atoms with E-state index in [0.717, 1.165) is 24.0 Å². The highest BCUT2D eigenvalue weighted by molar-refractivity contribution is 5.96. The Morgan fingerprint density at radius 3 is 2.77 bits per heavy atom. The summed E-state index contributed by atoms with van der Waals surface area (Å²) in [5.41, 5.74) is 1.99. The van der Waals surface area contributed by atoms with Crippen molar-refractivity contribution in [3.8, 4) is 0 Å². The summed E-state index contributed by atoms with van der Waals surface area (Å²) in [6.45, 7) is 11.8. The molecule has 26 heavy (non-hydrogen) atoms. The number of aliphatic hydroxyl groups excluding tert-OH is 1. The molecule has 2 aliphatic rings. The number of ether oxygens (including phenoxy) is 1. The van der Waals surface area contributed by atoms with E-state index in [4.69, 9.17) is 9.15 Å². The Labute approximate surface area is 153 Å². The second-order valence-electron chi connectivity index (χ2n) is 7.82. The summed E-state index contributed by atoms with van der Waals surface area (Å²) in [7, 11) is 0. The van der Waals surface area contributed by atoms with Crippen molar-refractivity contribution in [2.75, 3.05) is 0 Å². The second-order valence-corrected chi connectivity index (χ2v) is 7.82. The fraction of sp³-hybridized carbons (Fsp3) is 0.524. The molecule has 140 valence electrons. The predicted octanol–water partition coefficient (Wildman–Crippen LogP) is 3.69. The van der Waals surface area contributed by atoms with Gasteiger partial charge in [-0.2, -0.15) is 0 Å². The molecule has 5 atom stereocenters. The first kappa shape index (κ1) is 18.6. The molecule has 0 aliphatic heterocycles. The first-order valence-electron chi connectivity index (χ1n) is 9.01. The van der Waals surface area contributed by atoms with E-state index in [1.807, 2.05) is 0 Å². The molecule has 0 spiro atoms. The van der Waals surface area contributed by atoms with Gasteiger partial charge in [0.25, 0.3) is 0 Å². The van der Waals surface area contributed by atoms with Crippen molar-refractivity contribution in [1.29, 1.82) is 0 Å². The molecule has 1 aromatic heterocycles. The normalized spacial score (nSPS) is 34.3. The van der Waals surface area contributed by atoms with Crippen LogP contribution in [0.1, 0.15) is 49.9 Å². The lowest BCUT2D eigenvalue weighted by atomic mass is 9.51. The molecular weight excluding hydrogens is 332 g/mol. The molecule has 3 rings (SSSR count). The number of carbonyl (C=O) groups excluding carboxylic acids is 2. The van der Waals surface area contributed by atoms with Gasteiger partial charge in [0.15, 0.2) is 5.78 Å².